The van der Waals surface area contributed by atoms with E-state index < -0.39 is 4.92 Å². The summed E-state index contributed by atoms with van der Waals surface area (Å²) in [6, 6.07) is 10.6. The van der Waals surface area contributed by atoms with Gasteiger partial charge in [-0.25, -0.2) is 4.39 Å². The average Bonchev–Trinajstić information content (AvgIpc) is 2.37. The van der Waals surface area contributed by atoms with Crippen molar-refractivity contribution in [3.63, 3.8) is 0 Å². The Kier molecular flexibility index (Phi) is 4.11. The Labute approximate surface area is 117 Å². The van der Waals surface area contributed by atoms with Crippen LogP contribution in [0.25, 0.3) is 0 Å². The zero-order valence-corrected chi connectivity index (χ0v) is 11.4. The van der Waals surface area contributed by atoms with Gasteiger partial charge in [0, 0.05) is 23.2 Å². The second-order valence-corrected chi connectivity index (χ2v) is 4.76. The van der Waals surface area contributed by atoms with Gasteiger partial charge in [0.15, 0.2) is 0 Å². The van der Waals surface area contributed by atoms with E-state index in [1.165, 1.54) is 24.3 Å². The van der Waals surface area contributed by atoms with Crippen LogP contribution in [0.2, 0.25) is 0 Å². The summed E-state index contributed by atoms with van der Waals surface area (Å²) in [5.74, 6) is -0.308. The number of hydrogen-bond acceptors (Lipinski definition) is 3. The number of halogens is 2. The van der Waals surface area contributed by atoms with Crippen LogP contribution >= 0.6 is 15.9 Å². The highest BCUT2D eigenvalue weighted by molar-refractivity contribution is 9.10. The SMILES string of the molecule is O=[N+]([O-])c1ccc(Br)c(NCc2cccc(F)c2)c1. The lowest BCUT2D eigenvalue weighted by Crippen LogP contribution is -2.01. The van der Waals surface area contributed by atoms with Crippen LogP contribution in [0.5, 0.6) is 0 Å². The molecule has 0 heterocycles. The van der Waals surface area contributed by atoms with E-state index in [1.54, 1.807) is 18.2 Å². The lowest BCUT2D eigenvalue weighted by molar-refractivity contribution is -0.384. The molecule has 2 rings (SSSR count). The first-order valence-corrected chi connectivity index (χ1v) is 6.28. The molecule has 0 aliphatic heterocycles. The van der Waals surface area contributed by atoms with Crippen LogP contribution in [0.4, 0.5) is 15.8 Å². The zero-order valence-electron chi connectivity index (χ0n) is 9.77. The van der Waals surface area contributed by atoms with E-state index in [1.807, 2.05) is 0 Å². The fraction of sp³-hybridized carbons (Fsp3) is 0.0769. The quantitative estimate of drug-likeness (QED) is 0.680. The Morgan fingerprint density at radius 3 is 2.74 bits per heavy atom. The first-order valence-electron chi connectivity index (χ1n) is 5.48. The number of nitro groups is 1. The summed E-state index contributed by atoms with van der Waals surface area (Å²) in [5.41, 5.74) is 1.36. The van der Waals surface area contributed by atoms with E-state index in [2.05, 4.69) is 21.2 Å². The molecule has 98 valence electrons. The lowest BCUT2D eigenvalue weighted by Gasteiger charge is -2.08. The van der Waals surface area contributed by atoms with Crippen molar-refractivity contribution >= 4 is 27.3 Å². The fourth-order valence-corrected chi connectivity index (χ4v) is 1.99. The molecule has 0 saturated heterocycles. The third-order valence-electron chi connectivity index (χ3n) is 2.53. The van der Waals surface area contributed by atoms with Crippen molar-refractivity contribution < 1.29 is 9.31 Å². The summed E-state index contributed by atoms with van der Waals surface area (Å²) in [5, 5.41) is 13.7. The monoisotopic (exact) mass is 324 g/mol. The van der Waals surface area contributed by atoms with Crippen LogP contribution in [0.15, 0.2) is 46.9 Å². The highest BCUT2D eigenvalue weighted by Crippen LogP contribution is 2.27. The number of nitro benzene ring substituents is 1. The predicted octanol–water partition coefficient (Wildman–Crippen LogP) is 4.11. The molecule has 0 saturated carbocycles. The number of non-ortho nitro benzene ring substituents is 1. The van der Waals surface area contributed by atoms with Crippen LogP contribution < -0.4 is 5.32 Å². The first-order chi connectivity index (χ1) is 9.06. The Balaban J connectivity index is 2.15. The topological polar surface area (TPSA) is 55.2 Å². The second-order valence-electron chi connectivity index (χ2n) is 3.90. The van der Waals surface area contributed by atoms with Gasteiger partial charge >= 0.3 is 0 Å². The van der Waals surface area contributed by atoms with Crippen molar-refractivity contribution in [1.29, 1.82) is 0 Å². The smallest absolute Gasteiger partial charge is 0.271 e. The van der Waals surface area contributed by atoms with E-state index >= 15 is 0 Å². The molecule has 0 radical (unpaired) electrons. The average molecular weight is 325 g/mol. The summed E-state index contributed by atoms with van der Waals surface area (Å²) in [6.45, 7) is 0.386. The number of benzene rings is 2. The third-order valence-corrected chi connectivity index (χ3v) is 3.22. The maximum absolute atomic E-state index is 13.0. The molecule has 4 nitrogen and oxygen atoms in total. The molecule has 0 aliphatic carbocycles. The summed E-state index contributed by atoms with van der Waals surface area (Å²) in [4.78, 5) is 10.2. The summed E-state index contributed by atoms with van der Waals surface area (Å²) in [7, 11) is 0. The van der Waals surface area contributed by atoms with Crippen molar-refractivity contribution in [1.82, 2.24) is 0 Å². The molecular formula is C13H10BrFN2O2. The number of anilines is 1. The highest BCUT2D eigenvalue weighted by atomic mass is 79.9. The maximum Gasteiger partial charge on any atom is 0.271 e. The minimum absolute atomic E-state index is 0.00458. The molecule has 0 bridgehead atoms. The number of hydrogen-bond donors (Lipinski definition) is 1. The van der Waals surface area contributed by atoms with E-state index in [0.717, 1.165) is 10.0 Å². The van der Waals surface area contributed by atoms with Crippen molar-refractivity contribution in [2.24, 2.45) is 0 Å². The molecule has 0 amide bonds. The Morgan fingerprint density at radius 1 is 1.26 bits per heavy atom. The van der Waals surface area contributed by atoms with Gasteiger partial charge in [0.25, 0.3) is 5.69 Å². The van der Waals surface area contributed by atoms with Crippen molar-refractivity contribution in [3.8, 4) is 0 Å². The molecule has 2 aromatic carbocycles. The molecule has 1 N–H and O–H groups in total. The molecule has 0 aromatic heterocycles. The molecule has 0 unspecified atom stereocenters. The summed E-state index contributed by atoms with van der Waals surface area (Å²) in [6.07, 6.45) is 0. The van der Waals surface area contributed by atoms with E-state index in [9.17, 15) is 14.5 Å². The van der Waals surface area contributed by atoms with Crippen LogP contribution in [0.1, 0.15) is 5.56 Å². The minimum atomic E-state index is -0.459. The van der Waals surface area contributed by atoms with Crippen molar-refractivity contribution in [2.75, 3.05) is 5.32 Å². The number of nitrogens with zero attached hydrogens (tertiary/aromatic N) is 1. The Bertz CT molecular complexity index is 619. The van der Waals surface area contributed by atoms with E-state index in [-0.39, 0.29) is 11.5 Å². The fourth-order valence-electron chi connectivity index (χ4n) is 1.61. The minimum Gasteiger partial charge on any atom is -0.380 e. The maximum atomic E-state index is 13.0. The van der Waals surface area contributed by atoms with E-state index in [0.29, 0.717) is 12.2 Å². The normalized spacial score (nSPS) is 10.2. The van der Waals surface area contributed by atoms with Crippen molar-refractivity contribution in [2.45, 2.75) is 6.54 Å². The standard InChI is InChI=1S/C13H10BrFN2O2/c14-12-5-4-11(17(18)19)7-13(12)16-8-9-2-1-3-10(15)6-9/h1-7,16H,8H2. The third kappa shape index (κ3) is 3.51. The van der Waals surface area contributed by atoms with Gasteiger partial charge in [-0.05, 0) is 39.7 Å². The molecule has 0 atom stereocenters. The van der Waals surface area contributed by atoms with Gasteiger partial charge in [-0.15, -0.1) is 0 Å². The molecule has 0 fully saturated rings. The van der Waals surface area contributed by atoms with Gasteiger partial charge in [-0.2, -0.15) is 0 Å². The van der Waals surface area contributed by atoms with Crippen molar-refractivity contribution in [3.05, 3.63) is 68.4 Å². The predicted molar refractivity (Wildman–Crippen MR) is 74.5 cm³/mol. The lowest BCUT2D eigenvalue weighted by atomic mass is 10.2. The summed E-state index contributed by atoms with van der Waals surface area (Å²) >= 11 is 3.31. The van der Waals surface area contributed by atoms with Gasteiger partial charge in [0.2, 0.25) is 0 Å². The van der Waals surface area contributed by atoms with Gasteiger partial charge in [0.1, 0.15) is 5.82 Å². The van der Waals surface area contributed by atoms with Gasteiger partial charge in [-0.3, -0.25) is 10.1 Å². The number of nitrogens with one attached hydrogen (secondary N) is 1. The largest absolute Gasteiger partial charge is 0.380 e. The molecule has 0 aliphatic rings. The Morgan fingerprint density at radius 2 is 2.05 bits per heavy atom. The van der Waals surface area contributed by atoms with E-state index in [4.69, 9.17) is 0 Å². The molecule has 0 spiro atoms. The van der Waals surface area contributed by atoms with Gasteiger partial charge < -0.3 is 5.32 Å². The van der Waals surface area contributed by atoms with Crippen LogP contribution in [0, 0.1) is 15.9 Å². The Hall–Kier alpha value is -1.95. The second kappa shape index (κ2) is 5.79. The molecule has 2 aromatic rings. The van der Waals surface area contributed by atoms with Gasteiger partial charge in [0.05, 0.1) is 10.6 Å². The number of rotatable bonds is 4. The van der Waals surface area contributed by atoms with Gasteiger partial charge in [-0.1, -0.05) is 12.1 Å². The summed E-state index contributed by atoms with van der Waals surface area (Å²) < 4.78 is 13.7. The molecular weight excluding hydrogens is 315 g/mol. The van der Waals surface area contributed by atoms with Crippen LogP contribution in [-0.2, 0) is 6.54 Å². The highest BCUT2D eigenvalue weighted by Gasteiger charge is 2.09. The van der Waals surface area contributed by atoms with Crippen LogP contribution in [-0.4, -0.2) is 4.92 Å². The zero-order chi connectivity index (χ0) is 13.8. The van der Waals surface area contributed by atoms with Crippen LogP contribution in [0.3, 0.4) is 0 Å². The molecule has 6 heteroatoms. The molecule has 19 heavy (non-hydrogen) atoms. The first kappa shape index (κ1) is 13.5.